The molecule has 130 valence electrons. The number of amides is 1. The Kier molecular flexibility index (Phi) is 5.54. The molecule has 0 spiro atoms. The van der Waals surface area contributed by atoms with Crippen LogP contribution in [0.3, 0.4) is 0 Å². The van der Waals surface area contributed by atoms with Crippen molar-refractivity contribution in [1.82, 2.24) is 4.31 Å². The van der Waals surface area contributed by atoms with Crippen LogP contribution < -0.4 is 10.2 Å². The van der Waals surface area contributed by atoms with Crippen LogP contribution in [0.15, 0.2) is 35.2 Å². The van der Waals surface area contributed by atoms with Gasteiger partial charge < -0.3 is 10.2 Å². The molecule has 1 amide bonds. The van der Waals surface area contributed by atoms with Crippen molar-refractivity contribution in [2.75, 3.05) is 38.4 Å². The normalized spacial score (nSPS) is 11.6. The fraction of sp³-hybridized carbons (Fsp3) is 0.267. The zero-order chi connectivity index (χ0) is 18.1. The van der Waals surface area contributed by atoms with Crippen molar-refractivity contribution >= 4 is 50.2 Å². The van der Waals surface area contributed by atoms with Gasteiger partial charge in [-0.25, -0.2) is 12.7 Å². The highest BCUT2D eigenvalue weighted by atomic mass is 35.5. The molecule has 1 N–H and O–H groups in total. The molecule has 0 saturated carbocycles. The molecule has 0 radical (unpaired) electrons. The first kappa shape index (κ1) is 18.7. The van der Waals surface area contributed by atoms with Crippen LogP contribution in [0.25, 0.3) is 0 Å². The summed E-state index contributed by atoms with van der Waals surface area (Å²) in [5.41, 5.74) is 1.11. The van der Waals surface area contributed by atoms with Gasteiger partial charge in [0.05, 0.1) is 25.5 Å². The third kappa shape index (κ3) is 3.89. The monoisotopic (exact) mass is 387 g/mol. The first-order valence-electron chi connectivity index (χ1n) is 6.93. The third-order valence-corrected chi connectivity index (χ3v) is 6.31. The highest BCUT2D eigenvalue weighted by molar-refractivity contribution is 7.89. The van der Waals surface area contributed by atoms with E-state index in [1.807, 2.05) is 14.1 Å². The predicted octanol–water partition coefficient (Wildman–Crippen LogP) is 2.97. The van der Waals surface area contributed by atoms with Gasteiger partial charge >= 0.3 is 0 Å². The molecule has 1 heterocycles. The number of carbonyl (C=O) groups is 1. The molecule has 0 aliphatic heterocycles. The minimum absolute atomic E-state index is 0.109. The molecular weight excluding hydrogens is 370 g/mol. The van der Waals surface area contributed by atoms with Crippen molar-refractivity contribution in [3.05, 3.63) is 39.5 Å². The molecule has 0 fully saturated rings. The molecule has 2 rings (SSSR count). The quantitative estimate of drug-likeness (QED) is 0.856. The van der Waals surface area contributed by atoms with E-state index in [4.69, 9.17) is 11.6 Å². The lowest BCUT2D eigenvalue weighted by molar-refractivity contribution is 0.103. The third-order valence-electron chi connectivity index (χ3n) is 3.27. The van der Waals surface area contributed by atoms with Crippen LogP contribution in [0, 0.1) is 0 Å². The Morgan fingerprint density at radius 3 is 2.29 bits per heavy atom. The summed E-state index contributed by atoms with van der Waals surface area (Å²) < 4.78 is 26.3. The van der Waals surface area contributed by atoms with Crippen LogP contribution in [-0.2, 0) is 10.0 Å². The van der Waals surface area contributed by atoms with Gasteiger partial charge in [-0.3, -0.25) is 4.79 Å². The molecule has 0 atom stereocenters. The van der Waals surface area contributed by atoms with Crippen molar-refractivity contribution in [1.29, 1.82) is 0 Å². The molecule has 0 saturated heterocycles. The predicted molar refractivity (Wildman–Crippen MR) is 98.9 cm³/mol. The van der Waals surface area contributed by atoms with Gasteiger partial charge in [0.2, 0.25) is 10.0 Å². The first-order chi connectivity index (χ1) is 11.1. The van der Waals surface area contributed by atoms with Crippen LogP contribution in [-0.4, -0.2) is 46.8 Å². The maximum absolute atomic E-state index is 12.4. The number of carbonyl (C=O) groups excluding carboxylic acids is 1. The minimum Gasteiger partial charge on any atom is -0.376 e. The Bertz CT molecular complexity index is 861. The number of thiophene rings is 1. The molecule has 0 unspecified atom stereocenters. The van der Waals surface area contributed by atoms with E-state index in [9.17, 15) is 13.2 Å². The summed E-state index contributed by atoms with van der Waals surface area (Å²) in [6.45, 7) is 0. The van der Waals surface area contributed by atoms with Gasteiger partial charge in [0.25, 0.3) is 5.91 Å². The van der Waals surface area contributed by atoms with Crippen LogP contribution in [0.1, 0.15) is 9.67 Å². The highest BCUT2D eigenvalue weighted by Crippen LogP contribution is 2.30. The second-order valence-electron chi connectivity index (χ2n) is 5.42. The van der Waals surface area contributed by atoms with E-state index in [2.05, 4.69) is 5.32 Å². The van der Waals surface area contributed by atoms with E-state index in [1.54, 1.807) is 23.1 Å². The maximum atomic E-state index is 12.4. The number of nitrogens with one attached hydrogen (secondary N) is 1. The summed E-state index contributed by atoms with van der Waals surface area (Å²) >= 11 is 7.01. The van der Waals surface area contributed by atoms with E-state index in [1.165, 1.54) is 26.2 Å². The number of nitrogens with zero attached hydrogens (tertiary/aromatic N) is 2. The summed E-state index contributed by atoms with van der Waals surface area (Å²) in [6.07, 6.45) is 0. The Morgan fingerprint density at radius 2 is 1.79 bits per heavy atom. The Labute approximate surface area is 150 Å². The number of sulfonamides is 1. The molecule has 2 aromatic rings. The second kappa shape index (κ2) is 7.10. The van der Waals surface area contributed by atoms with Gasteiger partial charge in [-0.1, -0.05) is 11.6 Å². The average molecular weight is 388 g/mol. The largest absolute Gasteiger partial charge is 0.376 e. The van der Waals surface area contributed by atoms with Gasteiger partial charge in [0, 0.05) is 28.2 Å². The first-order valence-corrected chi connectivity index (χ1v) is 9.57. The molecule has 0 aliphatic rings. The number of halogens is 1. The molecule has 1 aromatic carbocycles. The van der Waals surface area contributed by atoms with Crippen LogP contribution in [0.5, 0.6) is 0 Å². The second-order valence-corrected chi connectivity index (χ2v) is 9.29. The van der Waals surface area contributed by atoms with Gasteiger partial charge in [0.1, 0.15) is 0 Å². The number of hydrogen-bond donors (Lipinski definition) is 1. The Morgan fingerprint density at radius 1 is 1.12 bits per heavy atom. The Hall–Kier alpha value is -1.61. The van der Waals surface area contributed by atoms with Crippen molar-refractivity contribution in [2.24, 2.45) is 0 Å². The summed E-state index contributed by atoms with van der Waals surface area (Å²) in [6, 6.07) is 7.90. The van der Waals surface area contributed by atoms with Crippen LogP contribution in [0.2, 0.25) is 4.34 Å². The van der Waals surface area contributed by atoms with Crippen molar-refractivity contribution < 1.29 is 13.2 Å². The van der Waals surface area contributed by atoms with Gasteiger partial charge in [-0.2, -0.15) is 0 Å². The molecule has 0 aliphatic carbocycles. The standard InChI is InChI=1S/C15H18ClN3O3S2/c1-18(2)12-6-5-10(24(21,22)19(3)4)9-11(12)17-15(20)13-7-8-14(16)23-13/h5-9H,1-4H3,(H,17,20). The van der Waals surface area contributed by atoms with E-state index in [0.717, 1.165) is 15.6 Å². The smallest absolute Gasteiger partial charge is 0.265 e. The molecule has 6 nitrogen and oxygen atoms in total. The molecule has 24 heavy (non-hydrogen) atoms. The van der Waals surface area contributed by atoms with Gasteiger partial charge in [-0.05, 0) is 30.3 Å². The van der Waals surface area contributed by atoms with Crippen molar-refractivity contribution in [2.45, 2.75) is 4.90 Å². The van der Waals surface area contributed by atoms with Crippen LogP contribution >= 0.6 is 22.9 Å². The Balaban J connectivity index is 2.44. The number of anilines is 2. The lowest BCUT2D eigenvalue weighted by Gasteiger charge is -2.20. The SMILES string of the molecule is CN(C)c1ccc(S(=O)(=O)N(C)C)cc1NC(=O)c1ccc(Cl)s1. The van der Waals surface area contributed by atoms with Crippen LogP contribution in [0.4, 0.5) is 11.4 Å². The van der Waals surface area contributed by atoms with E-state index in [-0.39, 0.29) is 10.8 Å². The van der Waals surface area contributed by atoms with Gasteiger partial charge in [-0.15, -0.1) is 11.3 Å². The average Bonchev–Trinajstić information content (AvgIpc) is 2.93. The number of benzene rings is 1. The molecule has 1 aromatic heterocycles. The number of rotatable bonds is 5. The number of hydrogen-bond acceptors (Lipinski definition) is 5. The van der Waals surface area contributed by atoms with E-state index in [0.29, 0.717) is 20.6 Å². The topological polar surface area (TPSA) is 69.7 Å². The molecular formula is C15H18ClN3O3S2. The summed E-state index contributed by atoms with van der Waals surface area (Å²) in [7, 11) is 2.95. The van der Waals surface area contributed by atoms with Crippen molar-refractivity contribution in [3.63, 3.8) is 0 Å². The fourth-order valence-electron chi connectivity index (χ4n) is 2.00. The van der Waals surface area contributed by atoms with E-state index < -0.39 is 10.0 Å². The summed E-state index contributed by atoms with van der Waals surface area (Å²) in [4.78, 5) is 14.7. The highest BCUT2D eigenvalue weighted by Gasteiger charge is 2.20. The fourth-order valence-corrected chi connectivity index (χ4v) is 3.86. The van der Waals surface area contributed by atoms with Crippen molar-refractivity contribution in [3.8, 4) is 0 Å². The van der Waals surface area contributed by atoms with Gasteiger partial charge in [0.15, 0.2) is 0 Å². The zero-order valence-electron chi connectivity index (χ0n) is 13.7. The summed E-state index contributed by atoms with van der Waals surface area (Å²) in [5.74, 6) is -0.339. The zero-order valence-corrected chi connectivity index (χ0v) is 16.1. The lowest BCUT2D eigenvalue weighted by Crippen LogP contribution is -2.23. The molecule has 0 bridgehead atoms. The maximum Gasteiger partial charge on any atom is 0.265 e. The summed E-state index contributed by atoms with van der Waals surface area (Å²) in [5, 5.41) is 2.76. The lowest BCUT2D eigenvalue weighted by atomic mass is 10.2. The minimum atomic E-state index is -3.59. The molecule has 9 heteroatoms. The van der Waals surface area contributed by atoms with E-state index >= 15 is 0 Å².